The fraction of sp³-hybridized carbons (Fsp3) is 0.125. The summed E-state index contributed by atoms with van der Waals surface area (Å²) in [6.07, 6.45) is 7.19. The Morgan fingerprint density at radius 3 is 2.76 bits per heavy atom. The summed E-state index contributed by atoms with van der Waals surface area (Å²) in [5.41, 5.74) is 8.56. The van der Waals surface area contributed by atoms with E-state index in [1.165, 1.54) is 0 Å². The summed E-state index contributed by atoms with van der Waals surface area (Å²) >= 11 is 0. The van der Waals surface area contributed by atoms with Crippen LogP contribution in [0, 0.1) is 0 Å². The van der Waals surface area contributed by atoms with Gasteiger partial charge in [0.1, 0.15) is 12.4 Å². The summed E-state index contributed by atoms with van der Waals surface area (Å²) < 4.78 is 7.77. The number of nitrogen functional groups attached to an aromatic ring is 1. The number of nitrogens with two attached hydrogens (primary N) is 1. The predicted molar refractivity (Wildman–Crippen MR) is 81.8 cm³/mol. The van der Waals surface area contributed by atoms with Gasteiger partial charge >= 0.3 is 0 Å². The van der Waals surface area contributed by atoms with E-state index in [9.17, 15) is 0 Å². The number of pyridine rings is 1. The Morgan fingerprint density at radius 1 is 1.10 bits per heavy atom. The van der Waals surface area contributed by atoms with Crippen LogP contribution in [0.15, 0.2) is 61.3 Å². The Kier molecular flexibility index (Phi) is 3.82. The first-order chi connectivity index (χ1) is 10.3. The topological polar surface area (TPSA) is 66.0 Å². The van der Waals surface area contributed by atoms with E-state index in [2.05, 4.69) is 14.5 Å². The standard InChI is InChI=1S/C16H16N4O/c17-14-2-1-3-15(10-14)21-9-8-20-12-19-11-16(20)13-4-6-18-7-5-13/h1-7,10-12H,8-9,17H2. The van der Waals surface area contributed by atoms with Crippen LogP contribution in [-0.4, -0.2) is 21.1 Å². The van der Waals surface area contributed by atoms with Crippen molar-refractivity contribution in [2.75, 3.05) is 12.3 Å². The van der Waals surface area contributed by atoms with Crippen molar-refractivity contribution in [1.29, 1.82) is 0 Å². The smallest absolute Gasteiger partial charge is 0.121 e. The zero-order chi connectivity index (χ0) is 14.5. The molecule has 0 aliphatic heterocycles. The number of rotatable bonds is 5. The van der Waals surface area contributed by atoms with Gasteiger partial charge in [-0.1, -0.05) is 6.07 Å². The molecule has 0 radical (unpaired) electrons. The molecule has 0 saturated heterocycles. The van der Waals surface area contributed by atoms with Gasteiger partial charge < -0.3 is 15.0 Å². The molecule has 0 amide bonds. The average Bonchev–Trinajstić information content (AvgIpc) is 2.97. The third kappa shape index (κ3) is 3.20. The largest absolute Gasteiger partial charge is 0.492 e. The van der Waals surface area contributed by atoms with Crippen molar-refractivity contribution in [1.82, 2.24) is 14.5 Å². The van der Waals surface area contributed by atoms with Gasteiger partial charge in [0.2, 0.25) is 0 Å². The number of anilines is 1. The fourth-order valence-corrected chi connectivity index (χ4v) is 2.13. The van der Waals surface area contributed by atoms with Gasteiger partial charge in [0.05, 0.1) is 24.8 Å². The van der Waals surface area contributed by atoms with Gasteiger partial charge in [-0.25, -0.2) is 4.98 Å². The summed E-state index contributed by atoms with van der Waals surface area (Å²) in [5.74, 6) is 0.778. The maximum atomic E-state index is 5.72. The number of hydrogen-bond acceptors (Lipinski definition) is 4. The van der Waals surface area contributed by atoms with Crippen LogP contribution < -0.4 is 10.5 Å². The van der Waals surface area contributed by atoms with Crippen molar-refractivity contribution >= 4 is 5.69 Å². The third-order valence-electron chi connectivity index (χ3n) is 3.15. The van der Waals surface area contributed by atoms with E-state index in [-0.39, 0.29) is 0 Å². The minimum absolute atomic E-state index is 0.553. The SMILES string of the molecule is Nc1cccc(OCCn2cncc2-c2ccncc2)c1. The predicted octanol–water partition coefficient (Wildman–Crippen LogP) is 2.61. The van der Waals surface area contributed by atoms with Gasteiger partial charge in [0, 0.05) is 29.7 Å². The van der Waals surface area contributed by atoms with E-state index in [1.54, 1.807) is 18.7 Å². The van der Waals surface area contributed by atoms with Gasteiger partial charge in [-0.2, -0.15) is 0 Å². The second kappa shape index (κ2) is 6.09. The number of hydrogen-bond donors (Lipinski definition) is 1. The second-order valence-electron chi connectivity index (χ2n) is 4.63. The second-order valence-corrected chi connectivity index (χ2v) is 4.63. The molecule has 0 fully saturated rings. The summed E-state index contributed by atoms with van der Waals surface area (Å²) in [4.78, 5) is 8.23. The van der Waals surface area contributed by atoms with E-state index < -0.39 is 0 Å². The van der Waals surface area contributed by atoms with Crippen molar-refractivity contribution in [2.24, 2.45) is 0 Å². The van der Waals surface area contributed by atoms with Gasteiger partial charge in [0.25, 0.3) is 0 Å². The normalized spacial score (nSPS) is 10.5. The molecule has 2 aromatic heterocycles. The molecule has 0 spiro atoms. The zero-order valence-electron chi connectivity index (χ0n) is 11.5. The molecule has 5 nitrogen and oxygen atoms in total. The van der Waals surface area contributed by atoms with Gasteiger partial charge in [-0.05, 0) is 24.3 Å². The van der Waals surface area contributed by atoms with Crippen LogP contribution in [0.1, 0.15) is 0 Å². The van der Waals surface area contributed by atoms with E-state index in [0.717, 1.165) is 17.0 Å². The molecule has 0 atom stereocenters. The molecule has 2 heterocycles. The van der Waals surface area contributed by atoms with Crippen LogP contribution in [-0.2, 0) is 6.54 Å². The maximum absolute atomic E-state index is 5.72. The molecule has 106 valence electrons. The highest BCUT2D eigenvalue weighted by Crippen LogP contribution is 2.18. The van der Waals surface area contributed by atoms with Crippen LogP contribution in [0.3, 0.4) is 0 Å². The number of benzene rings is 1. The highest BCUT2D eigenvalue weighted by atomic mass is 16.5. The lowest BCUT2D eigenvalue weighted by Gasteiger charge is -2.10. The summed E-state index contributed by atoms with van der Waals surface area (Å²) in [7, 11) is 0. The number of aromatic nitrogens is 3. The van der Waals surface area contributed by atoms with E-state index in [1.807, 2.05) is 42.6 Å². The molecule has 3 aromatic rings. The Hall–Kier alpha value is -2.82. The molecule has 0 bridgehead atoms. The van der Waals surface area contributed by atoms with Crippen LogP contribution >= 0.6 is 0 Å². The van der Waals surface area contributed by atoms with Crippen molar-refractivity contribution in [2.45, 2.75) is 6.54 Å². The van der Waals surface area contributed by atoms with E-state index in [0.29, 0.717) is 18.8 Å². The van der Waals surface area contributed by atoms with Crippen molar-refractivity contribution in [3.63, 3.8) is 0 Å². The molecule has 5 heteroatoms. The Bertz CT molecular complexity index is 709. The van der Waals surface area contributed by atoms with Crippen LogP contribution in [0.4, 0.5) is 5.69 Å². The molecule has 0 aliphatic rings. The number of ether oxygens (including phenoxy) is 1. The average molecular weight is 280 g/mol. The van der Waals surface area contributed by atoms with Crippen molar-refractivity contribution < 1.29 is 4.74 Å². The Labute approximate surface area is 123 Å². The molecule has 0 aliphatic carbocycles. The molecule has 21 heavy (non-hydrogen) atoms. The Balaban J connectivity index is 1.66. The minimum Gasteiger partial charge on any atom is -0.492 e. The van der Waals surface area contributed by atoms with Gasteiger partial charge in [-0.3, -0.25) is 4.98 Å². The zero-order valence-corrected chi connectivity index (χ0v) is 11.5. The summed E-state index contributed by atoms with van der Waals surface area (Å²) in [6, 6.07) is 11.4. The van der Waals surface area contributed by atoms with Crippen LogP contribution in [0.5, 0.6) is 5.75 Å². The lowest BCUT2D eigenvalue weighted by Crippen LogP contribution is -2.08. The van der Waals surface area contributed by atoms with Crippen LogP contribution in [0.25, 0.3) is 11.3 Å². The van der Waals surface area contributed by atoms with Crippen LogP contribution in [0.2, 0.25) is 0 Å². The van der Waals surface area contributed by atoms with E-state index in [4.69, 9.17) is 10.5 Å². The molecule has 1 aromatic carbocycles. The number of imidazole rings is 1. The van der Waals surface area contributed by atoms with E-state index >= 15 is 0 Å². The lowest BCUT2D eigenvalue weighted by atomic mass is 10.2. The summed E-state index contributed by atoms with van der Waals surface area (Å²) in [5, 5.41) is 0. The monoisotopic (exact) mass is 280 g/mol. The van der Waals surface area contributed by atoms with Gasteiger partial charge in [0.15, 0.2) is 0 Å². The molecule has 0 unspecified atom stereocenters. The van der Waals surface area contributed by atoms with Crippen molar-refractivity contribution in [3.05, 3.63) is 61.3 Å². The van der Waals surface area contributed by atoms with Crippen molar-refractivity contribution in [3.8, 4) is 17.0 Å². The fourth-order valence-electron chi connectivity index (χ4n) is 2.13. The maximum Gasteiger partial charge on any atom is 0.121 e. The van der Waals surface area contributed by atoms with Gasteiger partial charge in [-0.15, -0.1) is 0 Å². The molecular weight excluding hydrogens is 264 g/mol. The first-order valence-corrected chi connectivity index (χ1v) is 6.72. The molecular formula is C16H16N4O. The first-order valence-electron chi connectivity index (χ1n) is 6.72. The minimum atomic E-state index is 0.553. The third-order valence-corrected chi connectivity index (χ3v) is 3.15. The number of nitrogens with zero attached hydrogens (tertiary/aromatic N) is 3. The molecule has 3 rings (SSSR count). The highest BCUT2D eigenvalue weighted by Gasteiger charge is 2.04. The summed E-state index contributed by atoms with van der Waals surface area (Å²) in [6.45, 7) is 1.27. The molecule has 2 N–H and O–H groups in total. The Morgan fingerprint density at radius 2 is 1.95 bits per heavy atom. The first kappa shape index (κ1) is 13.2. The highest BCUT2D eigenvalue weighted by molar-refractivity contribution is 5.57. The quantitative estimate of drug-likeness (QED) is 0.730. The molecule has 0 saturated carbocycles. The lowest BCUT2D eigenvalue weighted by molar-refractivity contribution is 0.299.